The van der Waals surface area contributed by atoms with Crippen LogP contribution in [0.1, 0.15) is 56.0 Å². The van der Waals surface area contributed by atoms with Crippen LogP contribution >= 0.6 is 11.6 Å². The molecule has 0 aliphatic carbocycles. The number of hydrogen-bond acceptors (Lipinski definition) is 3. The summed E-state index contributed by atoms with van der Waals surface area (Å²) in [5.41, 5.74) is 4.36. The van der Waals surface area contributed by atoms with E-state index in [0.717, 1.165) is 84.9 Å². The molecule has 0 bridgehead atoms. The van der Waals surface area contributed by atoms with Gasteiger partial charge in [-0.2, -0.15) is 0 Å². The minimum Gasteiger partial charge on any atom is -0.494 e. The first kappa shape index (κ1) is 24.1. The molecule has 3 aromatic rings. The van der Waals surface area contributed by atoms with Crippen molar-refractivity contribution in [3.63, 3.8) is 0 Å². The zero-order valence-electron chi connectivity index (χ0n) is 19.4. The normalized spacial score (nSPS) is 11.1. The summed E-state index contributed by atoms with van der Waals surface area (Å²) in [6, 6.07) is 12.4. The molecule has 172 valence electrons. The summed E-state index contributed by atoms with van der Waals surface area (Å²) in [6.07, 6.45) is 6.11. The fourth-order valence-corrected chi connectivity index (χ4v) is 4.08. The van der Waals surface area contributed by atoms with E-state index < -0.39 is 0 Å². The molecule has 1 amide bonds. The van der Waals surface area contributed by atoms with Gasteiger partial charge in [-0.25, -0.2) is 4.98 Å². The van der Waals surface area contributed by atoms with Crippen molar-refractivity contribution in [3.05, 3.63) is 58.4 Å². The lowest BCUT2D eigenvalue weighted by atomic mass is 10.1. The summed E-state index contributed by atoms with van der Waals surface area (Å²) < 4.78 is 8.33. The molecule has 1 aromatic heterocycles. The molecule has 0 unspecified atom stereocenters. The Morgan fingerprint density at radius 2 is 1.81 bits per heavy atom. The number of unbranched alkanes of at least 4 members (excludes halogenated alkanes) is 3. The Kier molecular flexibility index (Phi) is 8.98. The molecule has 0 saturated carbocycles. The number of rotatable bonds is 12. The molecule has 0 aliphatic rings. The van der Waals surface area contributed by atoms with E-state index in [1.807, 2.05) is 32.0 Å². The standard InChI is InChI=1S/C26H34ClN3O2/c1-19-17-22(18-20(2)26(19)27)32-16-10-9-15-30-24-12-7-6-11-23(24)29-25(30)13-5-4-8-14-28-21(3)31/h6-7,11-12,17-18H,4-5,8-10,13-16H2,1-3H3,(H,28,31). The van der Waals surface area contributed by atoms with E-state index in [-0.39, 0.29) is 5.91 Å². The van der Waals surface area contributed by atoms with E-state index in [0.29, 0.717) is 6.61 Å². The number of hydrogen-bond donors (Lipinski definition) is 1. The van der Waals surface area contributed by atoms with Crippen molar-refractivity contribution in [2.45, 2.75) is 65.8 Å². The molecule has 1 heterocycles. The van der Waals surface area contributed by atoms with Crippen LogP contribution in [-0.2, 0) is 17.8 Å². The van der Waals surface area contributed by atoms with Gasteiger partial charge in [-0.3, -0.25) is 4.79 Å². The Hall–Kier alpha value is -2.53. The van der Waals surface area contributed by atoms with Crippen LogP contribution in [0.2, 0.25) is 5.02 Å². The van der Waals surface area contributed by atoms with E-state index in [1.54, 1.807) is 6.92 Å². The molecular weight excluding hydrogens is 422 g/mol. The molecule has 3 rings (SSSR count). The fraction of sp³-hybridized carbons (Fsp3) is 0.462. The number of imidazole rings is 1. The number of para-hydroxylation sites is 2. The Bertz CT molecular complexity index is 1020. The second-order valence-corrected chi connectivity index (χ2v) is 8.77. The summed E-state index contributed by atoms with van der Waals surface area (Å²) in [5, 5.41) is 3.67. The van der Waals surface area contributed by atoms with Crippen LogP contribution in [0.5, 0.6) is 5.75 Å². The lowest BCUT2D eigenvalue weighted by Gasteiger charge is -2.12. The van der Waals surface area contributed by atoms with Crippen LogP contribution in [0, 0.1) is 13.8 Å². The van der Waals surface area contributed by atoms with Gasteiger partial charge >= 0.3 is 0 Å². The van der Waals surface area contributed by atoms with Gasteiger partial charge in [-0.1, -0.05) is 30.2 Å². The minimum atomic E-state index is 0.0390. The summed E-state index contributed by atoms with van der Waals surface area (Å²) in [5.74, 6) is 2.07. The average Bonchev–Trinajstić information content (AvgIpc) is 3.11. The van der Waals surface area contributed by atoms with Crippen LogP contribution in [-0.4, -0.2) is 28.6 Å². The predicted octanol–water partition coefficient (Wildman–Crippen LogP) is 6.01. The molecule has 1 N–H and O–H groups in total. The highest BCUT2D eigenvalue weighted by Gasteiger charge is 2.10. The van der Waals surface area contributed by atoms with Crippen LogP contribution in [0.25, 0.3) is 11.0 Å². The lowest BCUT2D eigenvalue weighted by molar-refractivity contribution is -0.118. The van der Waals surface area contributed by atoms with Crippen LogP contribution in [0.15, 0.2) is 36.4 Å². The van der Waals surface area contributed by atoms with E-state index in [2.05, 4.69) is 28.1 Å². The van der Waals surface area contributed by atoms with E-state index in [9.17, 15) is 4.79 Å². The number of amides is 1. The van der Waals surface area contributed by atoms with Crippen molar-refractivity contribution in [1.29, 1.82) is 0 Å². The van der Waals surface area contributed by atoms with Crippen molar-refractivity contribution in [3.8, 4) is 5.75 Å². The number of aryl methyl sites for hydroxylation is 4. The number of benzene rings is 2. The third-order valence-electron chi connectivity index (χ3n) is 5.64. The third-order valence-corrected chi connectivity index (χ3v) is 6.24. The molecule has 0 aliphatic heterocycles. The lowest BCUT2D eigenvalue weighted by Crippen LogP contribution is -2.20. The largest absolute Gasteiger partial charge is 0.494 e. The third kappa shape index (κ3) is 6.73. The van der Waals surface area contributed by atoms with Gasteiger partial charge < -0.3 is 14.6 Å². The number of nitrogens with zero attached hydrogens (tertiary/aromatic N) is 2. The highest BCUT2D eigenvalue weighted by Crippen LogP contribution is 2.26. The molecule has 0 radical (unpaired) electrons. The zero-order chi connectivity index (χ0) is 22.9. The molecule has 0 atom stereocenters. The summed E-state index contributed by atoms with van der Waals surface area (Å²) in [6.45, 7) is 7.94. The first-order valence-electron chi connectivity index (χ1n) is 11.5. The molecule has 32 heavy (non-hydrogen) atoms. The van der Waals surface area contributed by atoms with Gasteiger partial charge in [0.25, 0.3) is 0 Å². The van der Waals surface area contributed by atoms with Gasteiger partial charge in [0, 0.05) is 31.5 Å². The molecule has 5 nitrogen and oxygen atoms in total. The van der Waals surface area contributed by atoms with Crippen LogP contribution < -0.4 is 10.1 Å². The monoisotopic (exact) mass is 455 g/mol. The number of ether oxygens (including phenoxy) is 1. The molecule has 2 aromatic carbocycles. The fourth-order valence-electron chi connectivity index (χ4n) is 3.97. The number of fused-ring (bicyclic) bond motifs is 1. The van der Waals surface area contributed by atoms with Crippen molar-refractivity contribution >= 4 is 28.5 Å². The van der Waals surface area contributed by atoms with Gasteiger partial charge in [0.1, 0.15) is 11.6 Å². The summed E-state index contributed by atoms with van der Waals surface area (Å²) in [7, 11) is 0. The smallest absolute Gasteiger partial charge is 0.216 e. The van der Waals surface area contributed by atoms with Crippen LogP contribution in [0.3, 0.4) is 0 Å². The maximum atomic E-state index is 11.0. The van der Waals surface area contributed by atoms with Gasteiger partial charge in [0.15, 0.2) is 0 Å². The number of carbonyl (C=O) groups is 1. The van der Waals surface area contributed by atoms with E-state index >= 15 is 0 Å². The van der Waals surface area contributed by atoms with Crippen molar-refractivity contribution in [1.82, 2.24) is 14.9 Å². The van der Waals surface area contributed by atoms with E-state index in [1.165, 1.54) is 5.52 Å². The number of nitrogens with one attached hydrogen (secondary N) is 1. The molecular formula is C26H34ClN3O2. The zero-order valence-corrected chi connectivity index (χ0v) is 20.2. The summed E-state index contributed by atoms with van der Waals surface area (Å²) >= 11 is 6.25. The average molecular weight is 456 g/mol. The van der Waals surface area contributed by atoms with Crippen molar-refractivity contribution < 1.29 is 9.53 Å². The Labute approximate surface area is 196 Å². The maximum Gasteiger partial charge on any atom is 0.216 e. The van der Waals surface area contributed by atoms with E-state index in [4.69, 9.17) is 21.3 Å². The molecule has 0 saturated heterocycles. The summed E-state index contributed by atoms with van der Waals surface area (Å²) in [4.78, 5) is 15.9. The number of aromatic nitrogens is 2. The maximum absolute atomic E-state index is 11.0. The highest BCUT2D eigenvalue weighted by atomic mass is 35.5. The Morgan fingerprint density at radius 3 is 2.56 bits per heavy atom. The van der Waals surface area contributed by atoms with Gasteiger partial charge in [0.05, 0.1) is 17.6 Å². The quantitative estimate of drug-likeness (QED) is 0.340. The first-order valence-corrected chi connectivity index (χ1v) is 11.9. The van der Waals surface area contributed by atoms with Gasteiger partial charge in [-0.15, -0.1) is 0 Å². The molecule has 6 heteroatoms. The minimum absolute atomic E-state index is 0.0390. The van der Waals surface area contributed by atoms with Crippen molar-refractivity contribution in [2.24, 2.45) is 0 Å². The van der Waals surface area contributed by atoms with Gasteiger partial charge in [-0.05, 0) is 74.9 Å². The Morgan fingerprint density at radius 1 is 1.06 bits per heavy atom. The second kappa shape index (κ2) is 11.9. The van der Waals surface area contributed by atoms with Crippen molar-refractivity contribution in [2.75, 3.05) is 13.2 Å². The van der Waals surface area contributed by atoms with Gasteiger partial charge in [0.2, 0.25) is 5.91 Å². The SMILES string of the molecule is CC(=O)NCCCCCc1nc2ccccc2n1CCCCOc1cc(C)c(Cl)c(C)c1. The first-order chi connectivity index (χ1) is 15.5. The molecule has 0 spiro atoms. The molecule has 0 fully saturated rings. The Balaban J connectivity index is 1.51. The highest BCUT2D eigenvalue weighted by molar-refractivity contribution is 6.32. The second-order valence-electron chi connectivity index (χ2n) is 8.39. The topological polar surface area (TPSA) is 56.2 Å². The number of carbonyl (C=O) groups excluding carboxylic acids is 1. The number of halogens is 1. The predicted molar refractivity (Wildman–Crippen MR) is 132 cm³/mol. The van der Waals surface area contributed by atoms with Crippen LogP contribution in [0.4, 0.5) is 0 Å².